The van der Waals surface area contributed by atoms with Gasteiger partial charge >= 0.3 is 0 Å². The molecule has 1 N–H and O–H groups in total. The van der Waals surface area contributed by atoms with Gasteiger partial charge in [-0.3, -0.25) is 4.79 Å². The first-order valence-corrected chi connectivity index (χ1v) is 7.03. The minimum atomic E-state index is -0.548. The molecule has 1 amide bonds. The lowest BCUT2D eigenvalue weighted by Crippen LogP contribution is -2.42. The van der Waals surface area contributed by atoms with Crippen LogP contribution in [0.3, 0.4) is 0 Å². The molecule has 0 aromatic heterocycles. The van der Waals surface area contributed by atoms with Gasteiger partial charge < -0.3 is 14.7 Å². The molecule has 0 aliphatic rings. The summed E-state index contributed by atoms with van der Waals surface area (Å²) in [6.45, 7) is 5.85. The highest BCUT2D eigenvalue weighted by atomic mass is 35.5. The maximum absolute atomic E-state index is 12.3. The third-order valence-electron chi connectivity index (χ3n) is 3.01. The van der Waals surface area contributed by atoms with E-state index in [1.807, 2.05) is 13.8 Å². The predicted octanol–water partition coefficient (Wildman–Crippen LogP) is 2.51. The highest BCUT2D eigenvalue weighted by Gasteiger charge is 2.19. The second kappa shape index (κ2) is 7.50. The van der Waals surface area contributed by atoms with E-state index in [-0.39, 0.29) is 18.4 Å². The Kier molecular flexibility index (Phi) is 6.30. The molecule has 20 heavy (non-hydrogen) atoms. The van der Waals surface area contributed by atoms with Crippen LogP contribution < -0.4 is 4.74 Å². The van der Waals surface area contributed by atoms with Gasteiger partial charge in [0.25, 0.3) is 0 Å². The van der Waals surface area contributed by atoms with Crippen LogP contribution >= 0.6 is 11.6 Å². The quantitative estimate of drug-likeness (QED) is 0.878. The Bertz CT molecular complexity index is 460. The SMILES string of the molecule is COc1ccc(CC(=O)N(CC(C)O)C(C)C)c(Cl)c1. The van der Waals surface area contributed by atoms with Gasteiger partial charge in [-0.25, -0.2) is 0 Å². The van der Waals surface area contributed by atoms with Gasteiger partial charge in [-0.1, -0.05) is 17.7 Å². The van der Waals surface area contributed by atoms with Crippen molar-refractivity contribution in [3.8, 4) is 5.75 Å². The Hall–Kier alpha value is -1.26. The Morgan fingerprint density at radius 3 is 2.50 bits per heavy atom. The van der Waals surface area contributed by atoms with E-state index >= 15 is 0 Å². The van der Waals surface area contributed by atoms with Crippen LogP contribution in [0.4, 0.5) is 0 Å². The molecule has 0 aliphatic heterocycles. The molecule has 112 valence electrons. The van der Waals surface area contributed by atoms with Crippen molar-refractivity contribution in [1.82, 2.24) is 4.90 Å². The molecule has 0 saturated heterocycles. The number of amides is 1. The third-order valence-corrected chi connectivity index (χ3v) is 3.36. The molecule has 4 nitrogen and oxygen atoms in total. The summed E-state index contributed by atoms with van der Waals surface area (Å²) in [4.78, 5) is 14.0. The zero-order chi connectivity index (χ0) is 15.3. The highest BCUT2D eigenvalue weighted by molar-refractivity contribution is 6.31. The summed E-state index contributed by atoms with van der Waals surface area (Å²) in [7, 11) is 1.57. The minimum absolute atomic E-state index is 0.0362. The molecule has 0 heterocycles. The first-order chi connectivity index (χ1) is 9.35. The van der Waals surface area contributed by atoms with E-state index in [0.717, 1.165) is 5.56 Å². The van der Waals surface area contributed by atoms with Crippen LogP contribution in [0.15, 0.2) is 18.2 Å². The van der Waals surface area contributed by atoms with Crippen LogP contribution in [0.2, 0.25) is 5.02 Å². The number of hydrogen-bond donors (Lipinski definition) is 1. The molecule has 0 aliphatic carbocycles. The Labute approximate surface area is 125 Å². The number of aliphatic hydroxyl groups excluding tert-OH is 1. The maximum atomic E-state index is 12.3. The van der Waals surface area contributed by atoms with Gasteiger partial charge in [0, 0.05) is 17.6 Å². The number of carbonyl (C=O) groups excluding carboxylic acids is 1. The van der Waals surface area contributed by atoms with Gasteiger partial charge in [0.15, 0.2) is 0 Å². The number of carbonyl (C=O) groups is 1. The van der Waals surface area contributed by atoms with Crippen molar-refractivity contribution in [2.24, 2.45) is 0 Å². The number of methoxy groups -OCH3 is 1. The predicted molar refractivity (Wildman–Crippen MR) is 80.2 cm³/mol. The van der Waals surface area contributed by atoms with E-state index in [2.05, 4.69) is 0 Å². The van der Waals surface area contributed by atoms with E-state index in [4.69, 9.17) is 16.3 Å². The normalized spacial score (nSPS) is 12.3. The van der Waals surface area contributed by atoms with Gasteiger partial charge in [0.2, 0.25) is 5.91 Å². The number of nitrogens with zero attached hydrogens (tertiary/aromatic N) is 1. The fourth-order valence-corrected chi connectivity index (χ4v) is 2.19. The number of aliphatic hydroxyl groups is 1. The van der Waals surface area contributed by atoms with Crippen molar-refractivity contribution < 1.29 is 14.6 Å². The number of rotatable bonds is 6. The van der Waals surface area contributed by atoms with Crippen LogP contribution in [0, 0.1) is 0 Å². The molecule has 0 saturated carbocycles. The summed E-state index contributed by atoms with van der Waals surface area (Å²) in [6, 6.07) is 5.30. The van der Waals surface area contributed by atoms with Crippen molar-refractivity contribution in [1.29, 1.82) is 0 Å². The first kappa shape index (κ1) is 16.8. The molecular weight excluding hydrogens is 278 g/mol. The molecule has 0 bridgehead atoms. The standard InChI is InChI=1S/C15H22ClNO3/c1-10(2)17(9-11(3)18)15(19)7-12-5-6-13(20-4)8-14(12)16/h5-6,8,10-11,18H,7,9H2,1-4H3. The summed E-state index contributed by atoms with van der Waals surface area (Å²) in [5.41, 5.74) is 0.758. The Morgan fingerprint density at radius 1 is 1.40 bits per heavy atom. The van der Waals surface area contributed by atoms with Crippen LogP contribution in [0.25, 0.3) is 0 Å². The first-order valence-electron chi connectivity index (χ1n) is 6.65. The maximum Gasteiger partial charge on any atom is 0.227 e. The Balaban J connectivity index is 2.82. The van der Waals surface area contributed by atoms with E-state index in [9.17, 15) is 9.90 Å². The van der Waals surface area contributed by atoms with E-state index in [0.29, 0.717) is 17.3 Å². The topological polar surface area (TPSA) is 49.8 Å². The summed E-state index contributed by atoms with van der Waals surface area (Å²) >= 11 is 6.14. The molecule has 1 rings (SSSR count). The Morgan fingerprint density at radius 2 is 2.05 bits per heavy atom. The van der Waals surface area contributed by atoms with Crippen molar-refractivity contribution in [2.45, 2.75) is 39.3 Å². The van der Waals surface area contributed by atoms with Crippen LogP contribution in [0.5, 0.6) is 5.75 Å². The fraction of sp³-hybridized carbons (Fsp3) is 0.533. The molecular formula is C15H22ClNO3. The molecule has 1 unspecified atom stereocenters. The lowest BCUT2D eigenvalue weighted by molar-refractivity contribution is -0.133. The van der Waals surface area contributed by atoms with E-state index in [1.165, 1.54) is 0 Å². The van der Waals surface area contributed by atoms with Crippen molar-refractivity contribution in [2.75, 3.05) is 13.7 Å². The molecule has 0 fully saturated rings. The van der Waals surface area contributed by atoms with Gasteiger partial charge in [-0.2, -0.15) is 0 Å². The molecule has 1 aromatic carbocycles. The number of benzene rings is 1. The number of halogens is 1. The summed E-state index contributed by atoms with van der Waals surface area (Å²) in [5.74, 6) is 0.615. The smallest absolute Gasteiger partial charge is 0.227 e. The third kappa shape index (κ3) is 4.69. The largest absolute Gasteiger partial charge is 0.497 e. The second-order valence-corrected chi connectivity index (χ2v) is 5.53. The van der Waals surface area contributed by atoms with E-state index in [1.54, 1.807) is 37.1 Å². The molecule has 0 radical (unpaired) electrons. The lowest BCUT2D eigenvalue weighted by atomic mass is 10.1. The zero-order valence-corrected chi connectivity index (χ0v) is 13.1. The van der Waals surface area contributed by atoms with Crippen LogP contribution in [-0.4, -0.2) is 41.7 Å². The van der Waals surface area contributed by atoms with E-state index < -0.39 is 6.10 Å². The number of hydrogen-bond acceptors (Lipinski definition) is 3. The van der Waals surface area contributed by atoms with Gasteiger partial charge in [0.1, 0.15) is 5.75 Å². The number of ether oxygens (including phenoxy) is 1. The molecule has 5 heteroatoms. The van der Waals surface area contributed by atoms with Gasteiger partial charge in [-0.05, 0) is 38.5 Å². The molecule has 1 aromatic rings. The van der Waals surface area contributed by atoms with Crippen molar-refractivity contribution in [3.63, 3.8) is 0 Å². The summed E-state index contributed by atoms with van der Waals surface area (Å²) in [5, 5.41) is 9.99. The molecule has 0 spiro atoms. The van der Waals surface area contributed by atoms with Gasteiger partial charge in [-0.15, -0.1) is 0 Å². The fourth-order valence-electron chi connectivity index (χ4n) is 1.95. The summed E-state index contributed by atoms with van der Waals surface area (Å²) < 4.78 is 5.08. The van der Waals surface area contributed by atoms with Crippen molar-refractivity contribution >= 4 is 17.5 Å². The highest BCUT2D eigenvalue weighted by Crippen LogP contribution is 2.23. The zero-order valence-electron chi connectivity index (χ0n) is 12.4. The minimum Gasteiger partial charge on any atom is -0.497 e. The second-order valence-electron chi connectivity index (χ2n) is 5.12. The van der Waals surface area contributed by atoms with Crippen LogP contribution in [-0.2, 0) is 11.2 Å². The lowest BCUT2D eigenvalue weighted by Gasteiger charge is -2.28. The van der Waals surface area contributed by atoms with Crippen LogP contribution in [0.1, 0.15) is 26.3 Å². The van der Waals surface area contributed by atoms with Gasteiger partial charge in [0.05, 0.1) is 19.6 Å². The summed E-state index contributed by atoms with van der Waals surface area (Å²) in [6.07, 6.45) is -0.332. The molecule has 1 atom stereocenters. The average molecular weight is 300 g/mol. The average Bonchev–Trinajstić information content (AvgIpc) is 2.37. The van der Waals surface area contributed by atoms with Crippen molar-refractivity contribution in [3.05, 3.63) is 28.8 Å². The monoisotopic (exact) mass is 299 g/mol.